The van der Waals surface area contributed by atoms with Crippen LogP contribution >= 0.6 is 0 Å². The summed E-state index contributed by atoms with van der Waals surface area (Å²) in [6.45, 7) is 0. The largest absolute Gasteiger partial charge is 0.287 e. The first-order valence-corrected chi connectivity index (χ1v) is 8.66. The minimum absolute atomic E-state index is 0.179. The van der Waals surface area contributed by atoms with E-state index in [4.69, 9.17) is 0 Å². The number of aromatic nitrogens is 1. The van der Waals surface area contributed by atoms with Crippen molar-refractivity contribution in [3.05, 3.63) is 108 Å². The smallest absolute Gasteiger partial charge is 0.215 e. The van der Waals surface area contributed by atoms with E-state index in [1.807, 2.05) is 84.9 Å². The number of hydrogen-bond donors (Lipinski definition) is 1. The van der Waals surface area contributed by atoms with Gasteiger partial charge in [-0.05, 0) is 24.3 Å². The first kappa shape index (κ1) is 16.7. The van der Waals surface area contributed by atoms with E-state index in [-0.39, 0.29) is 11.5 Å². The molecule has 4 rings (SSSR count). The van der Waals surface area contributed by atoms with Gasteiger partial charge in [0, 0.05) is 10.9 Å². The number of para-hydroxylation sites is 2. The standard InChI is InChI=1S/C23H17N3O/c27-23(18-10-3-1-4-11-18)22(26-25-19-12-5-2-6-13-19)21-16-15-17-9-7-8-14-20(17)24-21/h1-16,25H/b26-22-. The highest BCUT2D eigenvalue weighted by molar-refractivity contribution is 6.51. The van der Waals surface area contributed by atoms with Crippen molar-refractivity contribution in [1.82, 2.24) is 4.98 Å². The predicted octanol–water partition coefficient (Wildman–Crippen LogP) is 4.93. The Balaban J connectivity index is 1.77. The maximum Gasteiger partial charge on any atom is 0.215 e. The number of fused-ring (bicyclic) bond motifs is 1. The van der Waals surface area contributed by atoms with E-state index in [9.17, 15) is 4.79 Å². The van der Waals surface area contributed by atoms with E-state index in [1.165, 1.54) is 0 Å². The van der Waals surface area contributed by atoms with Crippen LogP contribution in [0.15, 0.2) is 102 Å². The van der Waals surface area contributed by atoms with Crippen LogP contribution in [0, 0.1) is 0 Å². The van der Waals surface area contributed by atoms with Crippen LogP contribution < -0.4 is 5.43 Å². The van der Waals surface area contributed by atoms with Gasteiger partial charge in [0.05, 0.1) is 16.9 Å². The van der Waals surface area contributed by atoms with E-state index in [0.717, 1.165) is 16.6 Å². The first-order valence-electron chi connectivity index (χ1n) is 8.66. The fourth-order valence-electron chi connectivity index (χ4n) is 2.78. The molecule has 1 aromatic heterocycles. The number of nitrogens with one attached hydrogen (secondary N) is 1. The molecule has 0 unspecified atom stereocenters. The lowest BCUT2D eigenvalue weighted by atomic mass is 10.0. The maximum absolute atomic E-state index is 13.1. The van der Waals surface area contributed by atoms with Crippen LogP contribution in [0.3, 0.4) is 0 Å². The highest BCUT2D eigenvalue weighted by Gasteiger charge is 2.18. The van der Waals surface area contributed by atoms with Crippen molar-refractivity contribution in [1.29, 1.82) is 0 Å². The monoisotopic (exact) mass is 351 g/mol. The van der Waals surface area contributed by atoms with E-state index in [2.05, 4.69) is 15.5 Å². The summed E-state index contributed by atoms with van der Waals surface area (Å²) in [5, 5.41) is 5.42. The molecule has 0 bridgehead atoms. The van der Waals surface area contributed by atoms with Gasteiger partial charge < -0.3 is 0 Å². The molecular weight excluding hydrogens is 334 g/mol. The van der Waals surface area contributed by atoms with Crippen molar-refractivity contribution in [2.45, 2.75) is 0 Å². The number of Topliss-reactive ketones (excluding diaryl/α,β-unsaturated/α-hetero) is 1. The normalized spacial score (nSPS) is 11.3. The topological polar surface area (TPSA) is 54.4 Å². The van der Waals surface area contributed by atoms with Crippen molar-refractivity contribution in [3.63, 3.8) is 0 Å². The summed E-state index contributed by atoms with van der Waals surface area (Å²) in [4.78, 5) is 17.7. The predicted molar refractivity (Wildman–Crippen MR) is 109 cm³/mol. The zero-order valence-electron chi connectivity index (χ0n) is 14.5. The molecule has 4 heteroatoms. The molecule has 0 aliphatic carbocycles. The molecule has 4 nitrogen and oxygen atoms in total. The lowest BCUT2D eigenvalue weighted by molar-refractivity contribution is 0.106. The second-order valence-electron chi connectivity index (χ2n) is 6.02. The summed E-state index contributed by atoms with van der Waals surface area (Å²) >= 11 is 0. The average Bonchev–Trinajstić information content (AvgIpc) is 2.75. The number of rotatable bonds is 5. The molecule has 130 valence electrons. The Morgan fingerprint density at radius 1 is 0.741 bits per heavy atom. The quantitative estimate of drug-likeness (QED) is 0.315. The van der Waals surface area contributed by atoms with Gasteiger partial charge in [-0.1, -0.05) is 72.8 Å². The number of carbonyl (C=O) groups excluding carboxylic acids is 1. The van der Waals surface area contributed by atoms with Gasteiger partial charge >= 0.3 is 0 Å². The lowest BCUT2D eigenvalue weighted by Gasteiger charge is -2.08. The molecule has 27 heavy (non-hydrogen) atoms. The summed E-state index contributed by atoms with van der Waals surface area (Å²) in [5.74, 6) is -0.179. The summed E-state index contributed by atoms with van der Waals surface area (Å²) in [7, 11) is 0. The van der Waals surface area contributed by atoms with Gasteiger partial charge in [0.15, 0.2) is 5.71 Å². The molecule has 0 saturated carbocycles. The first-order chi connectivity index (χ1) is 13.3. The van der Waals surface area contributed by atoms with Crippen LogP contribution in [0.2, 0.25) is 0 Å². The summed E-state index contributed by atoms with van der Waals surface area (Å²) in [6, 6.07) is 30.2. The Morgan fingerprint density at radius 3 is 2.19 bits per heavy atom. The lowest BCUT2D eigenvalue weighted by Crippen LogP contribution is -2.19. The van der Waals surface area contributed by atoms with Gasteiger partial charge in [-0.15, -0.1) is 0 Å². The Hall–Kier alpha value is -3.79. The number of ketones is 1. The van der Waals surface area contributed by atoms with Crippen molar-refractivity contribution in [2.24, 2.45) is 5.10 Å². The Labute approximate surface area is 157 Å². The third-order valence-corrected chi connectivity index (χ3v) is 4.16. The van der Waals surface area contributed by atoms with Crippen LogP contribution in [0.5, 0.6) is 0 Å². The maximum atomic E-state index is 13.1. The van der Waals surface area contributed by atoms with Crippen molar-refractivity contribution in [2.75, 3.05) is 5.43 Å². The van der Waals surface area contributed by atoms with Crippen molar-refractivity contribution < 1.29 is 4.79 Å². The van der Waals surface area contributed by atoms with Crippen molar-refractivity contribution in [3.8, 4) is 0 Å². The van der Waals surface area contributed by atoms with Gasteiger partial charge in [-0.2, -0.15) is 5.10 Å². The van der Waals surface area contributed by atoms with Crippen LogP contribution in [-0.4, -0.2) is 16.5 Å². The van der Waals surface area contributed by atoms with Crippen LogP contribution in [0.25, 0.3) is 10.9 Å². The van der Waals surface area contributed by atoms with E-state index >= 15 is 0 Å². The second kappa shape index (κ2) is 7.62. The van der Waals surface area contributed by atoms with Gasteiger partial charge in [0.1, 0.15) is 0 Å². The molecule has 0 radical (unpaired) electrons. The van der Waals surface area contributed by atoms with E-state index < -0.39 is 0 Å². The summed E-state index contributed by atoms with van der Waals surface area (Å²) < 4.78 is 0. The minimum Gasteiger partial charge on any atom is -0.287 e. The molecule has 1 heterocycles. The third-order valence-electron chi connectivity index (χ3n) is 4.16. The average molecular weight is 351 g/mol. The highest BCUT2D eigenvalue weighted by Crippen LogP contribution is 2.15. The molecule has 0 amide bonds. The Bertz CT molecular complexity index is 1110. The zero-order chi connectivity index (χ0) is 18.5. The molecule has 0 fully saturated rings. The Kier molecular flexibility index (Phi) is 4.70. The fourth-order valence-corrected chi connectivity index (χ4v) is 2.78. The second-order valence-corrected chi connectivity index (χ2v) is 6.02. The van der Waals surface area contributed by atoms with Crippen LogP contribution in [-0.2, 0) is 0 Å². The van der Waals surface area contributed by atoms with E-state index in [1.54, 1.807) is 12.1 Å². The van der Waals surface area contributed by atoms with Gasteiger partial charge in [-0.3, -0.25) is 10.2 Å². The summed E-state index contributed by atoms with van der Waals surface area (Å²) in [5.41, 5.74) is 5.97. The molecule has 4 aromatic rings. The molecule has 3 aromatic carbocycles. The number of nitrogens with zero attached hydrogens (tertiary/aromatic N) is 2. The number of hydrogen-bond acceptors (Lipinski definition) is 4. The third kappa shape index (κ3) is 3.75. The van der Waals surface area contributed by atoms with Crippen molar-refractivity contribution >= 4 is 28.1 Å². The van der Waals surface area contributed by atoms with Gasteiger partial charge in [0.2, 0.25) is 5.78 Å². The molecular formula is C23H17N3O. The van der Waals surface area contributed by atoms with Gasteiger partial charge in [-0.25, -0.2) is 4.98 Å². The molecule has 0 spiro atoms. The fraction of sp³-hybridized carbons (Fsp3) is 0. The molecule has 0 aliphatic heterocycles. The van der Waals surface area contributed by atoms with Crippen LogP contribution in [0.4, 0.5) is 5.69 Å². The molecule has 0 aliphatic rings. The summed E-state index contributed by atoms with van der Waals surface area (Å²) in [6.07, 6.45) is 0. The number of benzene rings is 3. The molecule has 0 saturated heterocycles. The zero-order valence-corrected chi connectivity index (χ0v) is 14.5. The highest BCUT2D eigenvalue weighted by atomic mass is 16.1. The van der Waals surface area contributed by atoms with Crippen LogP contribution in [0.1, 0.15) is 16.1 Å². The van der Waals surface area contributed by atoms with Gasteiger partial charge in [0.25, 0.3) is 0 Å². The van der Waals surface area contributed by atoms with E-state index in [0.29, 0.717) is 11.3 Å². The molecule has 0 atom stereocenters. The Morgan fingerprint density at radius 2 is 1.41 bits per heavy atom. The minimum atomic E-state index is -0.179. The number of hydrazone groups is 1. The molecule has 1 N–H and O–H groups in total. The number of anilines is 1. The number of carbonyl (C=O) groups is 1. The SMILES string of the molecule is O=C(/C(=N\Nc1ccccc1)c1ccc2ccccc2n1)c1ccccc1. The number of pyridine rings is 1.